The summed E-state index contributed by atoms with van der Waals surface area (Å²) in [4.78, 5) is 15.8. The smallest absolute Gasteiger partial charge is 0.407 e. The molecular weight excluding hydrogens is 497 g/mol. The largest absolute Gasteiger partial charge is 0.450 e. The molecule has 0 bridgehead atoms. The third kappa shape index (κ3) is 11.7. The molecule has 166 valence electrons. The maximum Gasteiger partial charge on any atom is 0.407 e. The van der Waals surface area contributed by atoms with Crippen LogP contribution in [0.3, 0.4) is 0 Å². The average molecular weight is 528 g/mol. The number of carbonyl (C=O) groups excluding carboxylic acids is 1. The summed E-state index contributed by atoms with van der Waals surface area (Å²) in [5.74, 6) is 0.968. The van der Waals surface area contributed by atoms with Gasteiger partial charge in [-0.2, -0.15) is 8.78 Å². The fourth-order valence-electron chi connectivity index (χ4n) is 2.58. The molecule has 7 nitrogen and oxygen atoms in total. The summed E-state index contributed by atoms with van der Waals surface area (Å²) >= 11 is 0. The second-order valence-electron chi connectivity index (χ2n) is 6.48. The predicted molar refractivity (Wildman–Crippen MR) is 120 cm³/mol. The Balaban J connectivity index is 0.00000784. The van der Waals surface area contributed by atoms with E-state index in [1.807, 2.05) is 0 Å². The molecule has 0 heterocycles. The molecule has 0 fully saturated rings. The molecular formula is C19H31F2IN4O3. The van der Waals surface area contributed by atoms with Crippen LogP contribution in [0.25, 0.3) is 0 Å². The summed E-state index contributed by atoms with van der Waals surface area (Å²) in [6.45, 7) is 3.98. The van der Waals surface area contributed by atoms with Crippen molar-refractivity contribution in [2.24, 2.45) is 10.9 Å². The van der Waals surface area contributed by atoms with Gasteiger partial charge in [0.15, 0.2) is 5.96 Å². The van der Waals surface area contributed by atoms with Crippen molar-refractivity contribution in [1.82, 2.24) is 16.0 Å². The highest BCUT2D eigenvalue weighted by molar-refractivity contribution is 14.0. The number of alkyl carbamates (subject to hydrolysis) is 1. The van der Waals surface area contributed by atoms with Crippen LogP contribution in [-0.2, 0) is 11.3 Å². The minimum absolute atomic E-state index is 0. The second-order valence-corrected chi connectivity index (χ2v) is 6.48. The van der Waals surface area contributed by atoms with Crippen LogP contribution in [0.5, 0.6) is 5.75 Å². The first-order valence-corrected chi connectivity index (χ1v) is 9.26. The minimum atomic E-state index is -2.88. The first-order valence-electron chi connectivity index (χ1n) is 9.26. The number of nitrogens with zero attached hydrogens (tertiary/aromatic N) is 1. The second kappa shape index (κ2) is 15.1. The lowest BCUT2D eigenvalue weighted by Crippen LogP contribution is -2.47. The molecule has 0 spiro atoms. The SMILES string of the molecule is CCOC(=O)NC(CNC(=NC)NCc1ccccc1OC(F)F)CC(C)C.I. The third-order valence-electron chi connectivity index (χ3n) is 3.73. The number of amides is 1. The maximum atomic E-state index is 12.5. The number of guanidine groups is 1. The molecule has 1 aromatic rings. The number of hydrogen-bond donors (Lipinski definition) is 3. The number of halogens is 3. The van der Waals surface area contributed by atoms with E-state index in [1.54, 1.807) is 32.2 Å². The van der Waals surface area contributed by atoms with E-state index in [0.717, 1.165) is 6.42 Å². The fourth-order valence-corrected chi connectivity index (χ4v) is 2.58. The first-order chi connectivity index (χ1) is 13.3. The highest BCUT2D eigenvalue weighted by atomic mass is 127. The van der Waals surface area contributed by atoms with Crippen LogP contribution in [-0.4, -0.2) is 44.9 Å². The fraction of sp³-hybridized carbons (Fsp3) is 0.579. The Hall–Kier alpha value is -1.85. The van der Waals surface area contributed by atoms with E-state index < -0.39 is 12.7 Å². The number of ether oxygens (including phenoxy) is 2. The number of alkyl halides is 2. The molecule has 1 unspecified atom stereocenters. The van der Waals surface area contributed by atoms with Crippen LogP contribution >= 0.6 is 24.0 Å². The average Bonchev–Trinajstić information content (AvgIpc) is 2.62. The molecule has 0 saturated heterocycles. The molecule has 1 rings (SSSR count). The summed E-state index contributed by atoms with van der Waals surface area (Å²) in [5.41, 5.74) is 0.578. The van der Waals surface area contributed by atoms with Crippen LogP contribution < -0.4 is 20.7 Å². The molecule has 29 heavy (non-hydrogen) atoms. The van der Waals surface area contributed by atoms with Crippen LogP contribution in [0, 0.1) is 5.92 Å². The van der Waals surface area contributed by atoms with Gasteiger partial charge in [-0.1, -0.05) is 32.0 Å². The lowest BCUT2D eigenvalue weighted by atomic mass is 10.0. The molecule has 1 atom stereocenters. The first kappa shape index (κ1) is 27.2. The van der Waals surface area contributed by atoms with Crippen LogP contribution in [0.4, 0.5) is 13.6 Å². The zero-order valence-corrected chi connectivity index (χ0v) is 19.5. The number of rotatable bonds is 10. The summed E-state index contributed by atoms with van der Waals surface area (Å²) < 4.78 is 34.5. The van der Waals surface area contributed by atoms with Crippen molar-refractivity contribution in [2.45, 2.75) is 46.4 Å². The zero-order valence-electron chi connectivity index (χ0n) is 17.2. The topological polar surface area (TPSA) is 84.0 Å². The van der Waals surface area contributed by atoms with Gasteiger partial charge in [-0.15, -0.1) is 24.0 Å². The molecule has 0 aliphatic rings. The van der Waals surface area contributed by atoms with Crippen molar-refractivity contribution in [3.63, 3.8) is 0 Å². The summed E-state index contributed by atoms with van der Waals surface area (Å²) in [7, 11) is 1.60. The van der Waals surface area contributed by atoms with E-state index in [4.69, 9.17) is 4.74 Å². The molecule has 0 aromatic heterocycles. The number of carbonyl (C=O) groups is 1. The summed E-state index contributed by atoms with van der Waals surface area (Å²) in [6, 6.07) is 6.41. The standard InChI is InChI=1S/C19H30F2N4O3.HI/c1-5-27-19(26)25-15(10-13(2)3)12-24-18(22-4)23-11-14-8-6-7-9-16(14)28-17(20)21;/h6-9,13,15,17H,5,10-12H2,1-4H3,(H,25,26)(H2,22,23,24);1H. The van der Waals surface area contributed by atoms with Gasteiger partial charge in [0.2, 0.25) is 0 Å². The molecule has 10 heteroatoms. The Bertz CT molecular complexity index is 633. The van der Waals surface area contributed by atoms with Gasteiger partial charge in [-0.25, -0.2) is 4.79 Å². The number of hydrogen-bond acceptors (Lipinski definition) is 4. The zero-order chi connectivity index (χ0) is 20.9. The van der Waals surface area contributed by atoms with Gasteiger partial charge < -0.3 is 25.4 Å². The number of aliphatic imine (C=N–C) groups is 1. The van der Waals surface area contributed by atoms with Crippen molar-refractivity contribution in [2.75, 3.05) is 20.2 Å². The van der Waals surface area contributed by atoms with Crippen molar-refractivity contribution in [3.8, 4) is 5.75 Å². The molecule has 1 aromatic carbocycles. The molecule has 0 radical (unpaired) electrons. The third-order valence-corrected chi connectivity index (χ3v) is 3.73. The highest BCUT2D eigenvalue weighted by Gasteiger charge is 2.15. The monoisotopic (exact) mass is 528 g/mol. The molecule has 0 aliphatic carbocycles. The molecule has 0 aliphatic heterocycles. The molecule has 0 saturated carbocycles. The van der Waals surface area contributed by atoms with Gasteiger partial charge in [0.25, 0.3) is 0 Å². The summed E-state index contributed by atoms with van der Waals surface area (Å²) in [5, 5.41) is 9.01. The maximum absolute atomic E-state index is 12.5. The van der Waals surface area contributed by atoms with Gasteiger partial charge in [0.05, 0.1) is 6.61 Å². The molecule has 1 amide bonds. The van der Waals surface area contributed by atoms with Crippen molar-refractivity contribution < 1.29 is 23.0 Å². The Kier molecular flexibility index (Phi) is 14.1. The van der Waals surface area contributed by atoms with E-state index in [-0.39, 0.29) is 42.3 Å². The highest BCUT2D eigenvalue weighted by Crippen LogP contribution is 2.19. The van der Waals surface area contributed by atoms with Crippen LogP contribution in [0.1, 0.15) is 32.8 Å². The van der Waals surface area contributed by atoms with E-state index in [1.165, 1.54) is 6.07 Å². The Labute approximate surface area is 188 Å². The Morgan fingerprint density at radius 2 is 1.90 bits per heavy atom. The number of benzene rings is 1. The van der Waals surface area contributed by atoms with Gasteiger partial charge in [-0.05, 0) is 25.3 Å². The number of nitrogens with one attached hydrogen (secondary N) is 3. The van der Waals surface area contributed by atoms with Gasteiger partial charge in [-0.3, -0.25) is 4.99 Å². The number of para-hydroxylation sites is 1. The van der Waals surface area contributed by atoms with Crippen LogP contribution in [0.15, 0.2) is 29.3 Å². The lowest BCUT2D eigenvalue weighted by Gasteiger charge is -2.22. The van der Waals surface area contributed by atoms with E-state index in [2.05, 4.69) is 39.5 Å². The normalized spacial score (nSPS) is 12.2. The van der Waals surface area contributed by atoms with E-state index in [9.17, 15) is 13.6 Å². The minimum Gasteiger partial charge on any atom is -0.450 e. The van der Waals surface area contributed by atoms with Gasteiger partial charge >= 0.3 is 12.7 Å². The Morgan fingerprint density at radius 1 is 1.21 bits per heavy atom. The summed E-state index contributed by atoms with van der Waals surface area (Å²) in [6.07, 6.45) is 0.296. The Morgan fingerprint density at radius 3 is 2.48 bits per heavy atom. The lowest BCUT2D eigenvalue weighted by molar-refractivity contribution is -0.0504. The van der Waals surface area contributed by atoms with E-state index in [0.29, 0.717) is 30.6 Å². The van der Waals surface area contributed by atoms with Crippen molar-refractivity contribution in [3.05, 3.63) is 29.8 Å². The van der Waals surface area contributed by atoms with Crippen molar-refractivity contribution >= 4 is 36.0 Å². The van der Waals surface area contributed by atoms with Crippen molar-refractivity contribution in [1.29, 1.82) is 0 Å². The van der Waals surface area contributed by atoms with Gasteiger partial charge in [0.1, 0.15) is 5.75 Å². The quantitative estimate of drug-likeness (QED) is 0.245. The molecule has 3 N–H and O–H groups in total. The van der Waals surface area contributed by atoms with E-state index >= 15 is 0 Å². The predicted octanol–water partition coefficient (Wildman–Crippen LogP) is 3.73. The van der Waals surface area contributed by atoms with Crippen LogP contribution in [0.2, 0.25) is 0 Å². The van der Waals surface area contributed by atoms with Gasteiger partial charge in [0, 0.05) is 31.7 Å².